The minimum Gasteiger partial charge on any atom is -0.403 e. The van der Waals surface area contributed by atoms with E-state index in [2.05, 4.69) is 10.3 Å². The topological polar surface area (TPSA) is 50.9 Å². The number of hydrogen-bond donors (Lipinski definition) is 2. The van der Waals surface area contributed by atoms with Gasteiger partial charge in [-0.25, -0.2) is 0 Å². The summed E-state index contributed by atoms with van der Waals surface area (Å²) < 4.78 is 0. The second kappa shape index (κ2) is 3.61. The van der Waals surface area contributed by atoms with E-state index < -0.39 is 0 Å². The Bertz CT molecular complexity index is 241. The molecule has 0 aliphatic carbocycles. The zero-order valence-corrected chi connectivity index (χ0v) is 6.41. The molecular weight excluding hydrogens is 138 g/mol. The van der Waals surface area contributed by atoms with Crippen LogP contribution < -0.4 is 11.1 Å². The van der Waals surface area contributed by atoms with E-state index in [-0.39, 0.29) is 0 Å². The van der Waals surface area contributed by atoms with Crippen molar-refractivity contribution in [3.05, 3.63) is 36.3 Å². The van der Waals surface area contributed by atoms with Crippen molar-refractivity contribution in [1.82, 2.24) is 10.3 Å². The summed E-state index contributed by atoms with van der Waals surface area (Å²) in [4.78, 5) is 3.97. The molecule has 1 aromatic heterocycles. The molecule has 3 N–H and O–H groups in total. The van der Waals surface area contributed by atoms with Crippen molar-refractivity contribution in [3.8, 4) is 0 Å². The van der Waals surface area contributed by atoms with Gasteiger partial charge in [0.1, 0.15) is 0 Å². The van der Waals surface area contributed by atoms with Crippen LogP contribution in [0.1, 0.15) is 5.56 Å². The van der Waals surface area contributed by atoms with Gasteiger partial charge in [-0.15, -0.1) is 0 Å². The molecule has 0 aliphatic rings. The number of nitrogens with two attached hydrogens (primary N) is 1. The molecule has 0 aromatic carbocycles. The predicted molar refractivity (Wildman–Crippen MR) is 45.5 cm³/mol. The highest BCUT2D eigenvalue weighted by Gasteiger charge is 1.94. The molecule has 0 spiro atoms. The Balaban J connectivity index is 2.92. The van der Waals surface area contributed by atoms with Crippen LogP contribution in [0, 0.1) is 0 Å². The molecule has 11 heavy (non-hydrogen) atoms. The summed E-state index contributed by atoms with van der Waals surface area (Å²) in [6.07, 6.45) is 5.01. The SMILES string of the molecule is CN/C(=C\N)c1cccnc1. The Kier molecular flexibility index (Phi) is 2.49. The first kappa shape index (κ1) is 7.60. The van der Waals surface area contributed by atoms with Gasteiger partial charge in [-0.3, -0.25) is 4.98 Å². The maximum atomic E-state index is 5.36. The van der Waals surface area contributed by atoms with Crippen LogP contribution in [0.5, 0.6) is 0 Å². The molecule has 0 aliphatic heterocycles. The van der Waals surface area contributed by atoms with Crippen molar-refractivity contribution in [2.24, 2.45) is 5.73 Å². The fraction of sp³-hybridized carbons (Fsp3) is 0.125. The van der Waals surface area contributed by atoms with Crippen LogP contribution in [-0.2, 0) is 0 Å². The van der Waals surface area contributed by atoms with Gasteiger partial charge in [0.2, 0.25) is 0 Å². The van der Waals surface area contributed by atoms with Crippen LogP contribution in [0.2, 0.25) is 0 Å². The minimum absolute atomic E-state index is 0.887. The van der Waals surface area contributed by atoms with Crippen molar-refractivity contribution >= 4 is 5.70 Å². The van der Waals surface area contributed by atoms with Crippen molar-refractivity contribution in [2.75, 3.05) is 7.05 Å². The average molecular weight is 149 g/mol. The summed E-state index contributed by atoms with van der Waals surface area (Å²) in [6, 6.07) is 3.82. The first-order valence-electron chi connectivity index (χ1n) is 3.38. The highest BCUT2D eigenvalue weighted by atomic mass is 14.8. The summed E-state index contributed by atoms with van der Waals surface area (Å²) in [5.74, 6) is 0. The summed E-state index contributed by atoms with van der Waals surface area (Å²) in [7, 11) is 1.83. The number of nitrogens with one attached hydrogen (secondary N) is 1. The fourth-order valence-corrected chi connectivity index (χ4v) is 0.846. The standard InChI is InChI=1S/C8H11N3/c1-10-8(5-9)7-3-2-4-11-6-7/h2-6,10H,9H2,1H3/b8-5-. The molecule has 0 atom stereocenters. The van der Waals surface area contributed by atoms with Crippen LogP contribution in [0.4, 0.5) is 0 Å². The minimum atomic E-state index is 0.887. The van der Waals surface area contributed by atoms with Crippen molar-refractivity contribution in [1.29, 1.82) is 0 Å². The lowest BCUT2D eigenvalue weighted by atomic mass is 10.2. The zero-order chi connectivity index (χ0) is 8.10. The van der Waals surface area contributed by atoms with Crippen LogP contribution >= 0.6 is 0 Å². The number of nitrogens with zero attached hydrogens (tertiary/aromatic N) is 1. The average Bonchev–Trinajstić information content (AvgIpc) is 2.09. The van der Waals surface area contributed by atoms with Crippen LogP contribution in [0.15, 0.2) is 30.7 Å². The quantitative estimate of drug-likeness (QED) is 0.646. The number of rotatable bonds is 2. The lowest BCUT2D eigenvalue weighted by Gasteiger charge is -2.03. The molecular formula is C8H11N3. The molecule has 0 bridgehead atoms. The largest absolute Gasteiger partial charge is 0.403 e. The van der Waals surface area contributed by atoms with Gasteiger partial charge >= 0.3 is 0 Å². The third-order valence-electron chi connectivity index (χ3n) is 1.41. The monoisotopic (exact) mass is 149 g/mol. The van der Waals surface area contributed by atoms with Gasteiger partial charge in [-0.05, 0) is 12.1 Å². The number of hydrogen-bond acceptors (Lipinski definition) is 3. The summed E-state index contributed by atoms with van der Waals surface area (Å²) >= 11 is 0. The molecule has 1 rings (SSSR count). The number of pyridine rings is 1. The maximum Gasteiger partial charge on any atom is 0.0584 e. The van der Waals surface area contributed by atoms with E-state index in [1.807, 2.05) is 19.2 Å². The van der Waals surface area contributed by atoms with Crippen LogP contribution in [0.3, 0.4) is 0 Å². The number of aromatic nitrogens is 1. The second-order valence-corrected chi connectivity index (χ2v) is 2.07. The van der Waals surface area contributed by atoms with E-state index in [0.717, 1.165) is 11.3 Å². The van der Waals surface area contributed by atoms with Crippen molar-refractivity contribution in [3.63, 3.8) is 0 Å². The Morgan fingerprint density at radius 2 is 2.55 bits per heavy atom. The molecule has 0 saturated heterocycles. The third kappa shape index (κ3) is 1.70. The Morgan fingerprint density at radius 3 is 3.00 bits per heavy atom. The first-order valence-corrected chi connectivity index (χ1v) is 3.38. The van der Waals surface area contributed by atoms with Gasteiger partial charge in [-0.2, -0.15) is 0 Å². The van der Waals surface area contributed by atoms with E-state index in [0.29, 0.717) is 0 Å². The molecule has 0 fully saturated rings. The molecule has 0 amide bonds. The molecule has 3 heteroatoms. The summed E-state index contributed by atoms with van der Waals surface area (Å²) in [5, 5.41) is 2.96. The Morgan fingerprint density at radius 1 is 1.73 bits per heavy atom. The van der Waals surface area contributed by atoms with Gasteiger partial charge in [0.05, 0.1) is 5.70 Å². The van der Waals surface area contributed by atoms with Gasteiger partial charge < -0.3 is 11.1 Å². The first-order chi connectivity index (χ1) is 5.38. The summed E-state index contributed by atoms with van der Waals surface area (Å²) in [6.45, 7) is 0. The van der Waals surface area contributed by atoms with Crippen LogP contribution in [0.25, 0.3) is 5.70 Å². The normalized spacial score (nSPS) is 11.2. The zero-order valence-electron chi connectivity index (χ0n) is 6.41. The molecule has 0 saturated carbocycles. The lowest BCUT2D eigenvalue weighted by molar-refractivity contribution is 1.11. The van der Waals surface area contributed by atoms with E-state index in [1.165, 1.54) is 6.20 Å². The highest BCUT2D eigenvalue weighted by Crippen LogP contribution is 2.05. The Hall–Kier alpha value is -1.51. The molecule has 0 radical (unpaired) electrons. The molecule has 3 nitrogen and oxygen atoms in total. The van der Waals surface area contributed by atoms with E-state index in [9.17, 15) is 0 Å². The van der Waals surface area contributed by atoms with Crippen molar-refractivity contribution in [2.45, 2.75) is 0 Å². The predicted octanol–water partition coefficient (Wildman–Crippen LogP) is 0.558. The fourth-order valence-electron chi connectivity index (χ4n) is 0.846. The smallest absolute Gasteiger partial charge is 0.0584 e. The molecule has 1 heterocycles. The molecule has 0 unspecified atom stereocenters. The van der Waals surface area contributed by atoms with E-state index >= 15 is 0 Å². The molecule has 58 valence electrons. The van der Waals surface area contributed by atoms with Gasteiger partial charge in [-0.1, -0.05) is 0 Å². The highest BCUT2D eigenvalue weighted by molar-refractivity contribution is 5.62. The third-order valence-corrected chi connectivity index (χ3v) is 1.41. The van der Waals surface area contributed by atoms with Gasteiger partial charge in [0, 0.05) is 31.2 Å². The van der Waals surface area contributed by atoms with Gasteiger partial charge in [0.15, 0.2) is 0 Å². The maximum absolute atomic E-state index is 5.36. The summed E-state index contributed by atoms with van der Waals surface area (Å²) in [5.41, 5.74) is 7.25. The van der Waals surface area contributed by atoms with E-state index in [1.54, 1.807) is 12.4 Å². The lowest BCUT2D eigenvalue weighted by Crippen LogP contribution is -2.06. The van der Waals surface area contributed by atoms with E-state index in [4.69, 9.17) is 5.73 Å². The Labute approximate surface area is 65.9 Å². The van der Waals surface area contributed by atoms with Crippen LogP contribution in [-0.4, -0.2) is 12.0 Å². The second-order valence-electron chi connectivity index (χ2n) is 2.07. The molecule has 1 aromatic rings. The van der Waals surface area contributed by atoms with Crippen molar-refractivity contribution < 1.29 is 0 Å². The van der Waals surface area contributed by atoms with Gasteiger partial charge in [0.25, 0.3) is 0 Å².